The van der Waals surface area contributed by atoms with Crippen molar-refractivity contribution in [3.63, 3.8) is 0 Å². The number of aryl methyl sites for hydroxylation is 2. The summed E-state index contributed by atoms with van der Waals surface area (Å²) in [6.45, 7) is 6.99. The van der Waals surface area contributed by atoms with Crippen LogP contribution in [0.25, 0.3) is 0 Å². The first-order valence-electron chi connectivity index (χ1n) is 6.89. The molecule has 0 saturated heterocycles. The molecule has 0 saturated carbocycles. The molecule has 1 nitrogen and oxygen atoms in total. The summed E-state index contributed by atoms with van der Waals surface area (Å²) >= 11 is 19.0. The van der Waals surface area contributed by atoms with Gasteiger partial charge in [-0.3, -0.25) is 0 Å². The van der Waals surface area contributed by atoms with Gasteiger partial charge >= 0.3 is 0 Å². The van der Waals surface area contributed by atoms with Gasteiger partial charge in [0.2, 0.25) is 0 Å². The fraction of sp³-hybridized carbons (Fsp3) is 0.294. The number of nitrogens with one attached hydrogen (secondary N) is 1. The van der Waals surface area contributed by atoms with Crippen LogP contribution in [0.15, 0.2) is 30.3 Å². The van der Waals surface area contributed by atoms with Crippen LogP contribution in [0, 0.1) is 13.8 Å². The summed E-state index contributed by atoms with van der Waals surface area (Å²) in [6.07, 6.45) is 0. The smallest absolute Gasteiger partial charge is 0.0643 e. The van der Waals surface area contributed by atoms with Crippen molar-refractivity contribution in [3.05, 3.63) is 67.7 Å². The summed E-state index contributed by atoms with van der Waals surface area (Å²) in [5.74, 6) is 0. The second-order valence-corrected chi connectivity index (χ2v) is 6.28. The lowest BCUT2D eigenvalue weighted by Gasteiger charge is -2.22. The lowest BCUT2D eigenvalue weighted by atomic mass is 9.95. The van der Waals surface area contributed by atoms with E-state index in [1.165, 1.54) is 11.1 Å². The summed E-state index contributed by atoms with van der Waals surface area (Å²) in [6, 6.07) is 9.71. The predicted molar refractivity (Wildman–Crippen MR) is 92.9 cm³/mol. The molecule has 0 aliphatic heterocycles. The summed E-state index contributed by atoms with van der Waals surface area (Å²) in [7, 11) is 0. The molecule has 4 heteroatoms. The SMILES string of the molecule is CCNC(c1cc(C)c(C)cc1Cl)c1cccc(Cl)c1Cl. The normalized spacial score (nSPS) is 12.5. The van der Waals surface area contributed by atoms with Crippen LogP contribution in [-0.2, 0) is 0 Å². The van der Waals surface area contributed by atoms with Crippen molar-refractivity contribution in [3.8, 4) is 0 Å². The second kappa shape index (κ2) is 7.02. The summed E-state index contributed by atoms with van der Waals surface area (Å²) < 4.78 is 0. The van der Waals surface area contributed by atoms with Gasteiger partial charge < -0.3 is 5.32 Å². The maximum absolute atomic E-state index is 6.46. The minimum Gasteiger partial charge on any atom is -0.306 e. The van der Waals surface area contributed by atoms with E-state index in [2.05, 4.69) is 32.2 Å². The second-order valence-electron chi connectivity index (χ2n) is 5.09. The van der Waals surface area contributed by atoms with E-state index in [-0.39, 0.29) is 6.04 Å². The van der Waals surface area contributed by atoms with Crippen LogP contribution in [0.3, 0.4) is 0 Å². The van der Waals surface area contributed by atoms with E-state index in [9.17, 15) is 0 Å². The topological polar surface area (TPSA) is 12.0 Å². The molecular formula is C17H18Cl3N. The van der Waals surface area contributed by atoms with Gasteiger partial charge in [-0.05, 0) is 54.8 Å². The van der Waals surface area contributed by atoms with E-state index in [0.29, 0.717) is 10.0 Å². The fourth-order valence-electron chi connectivity index (χ4n) is 2.36. The Hall–Kier alpha value is -0.730. The molecule has 2 aromatic rings. The Bertz CT molecular complexity index is 653. The molecule has 0 aliphatic carbocycles. The van der Waals surface area contributed by atoms with Crippen molar-refractivity contribution < 1.29 is 0 Å². The highest BCUT2D eigenvalue weighted by Gasteiger charge is 2.20. The van der Waals surface area contributed by atoms with Crippen molar-refractivity contribution in [1.82, 2.24) is 5.32 Å². The van der Waals surface area contributed by atoms with Crippen LogP contribution in [0.4, 0.5) is 0 Å². The Morgan fingerprint density at radius 1 is 0.952 bits per heavy atom. The fourth-order valence-corrected chi connectivity index (χ4v) is 3.10. The van der Waals surface area contributed by atoms with Crippen LogP contribution in [0.5, 0.6) is 0 Å². The largest absolute Gasteiger partial charge is 0.306 e. The lowest BCUT2D eigenvalue weighted by Crippen LogP contribution is -2.23. The molecule has 0 fully saturated rings. The zero-order chi connectivity index (χ0) is 15.6. The van der Waals surface area contributed by atoms with Crippen molar-refractivity contribution >= 4 is 34.8 Å². The van der Waals surface area contributed by atoms with E-state index >= 15 is 0 Å². The van der Waals surface area contributed by atoms with Gasteiger partial charge in [0.25, 0.3) is 0 Å². The zero-order valence-corrected chi connectivity index (χ0v) is 14.6. The van der Waals surface area contributed by atoms with Gasteiger partial charge in [-0.2, -0.15) is 0 Å². The molecule has 0 aromatic heterocycles. The first kappa shape index (κ1) is 16.6. The highest BCUT2D eigenvalue weighted by atomic mass is 35.5. The summed E-state index contributed by atoms with van der Waals surface area (Å²) in [4.78, 5) is 0. The molecule has 1 unspecified atom stereocenters. The van der Waals surface area contributed by atoms with Gasteiger partial charge in [-0.15, -0.1) is 0 Å². The number of hydrogen-bond donors (Lipinski definition) is 1. The Kier molecular flexibility index (Phi) is 5.56. The molecule has 0 spiro atoms. The van der Waals surface area contributed by atoms with Gasteiger partial charge in [0.15, 0.2) is 0 Å². The standard InChI is InChI=1S/C17H18Cl3N/c1-4-21-17(12-6-5-7-14(18)16(12)20)13-8-10(2)11(3)9-15(13)19/h5-9,17,21H,4H2,1-3H3. The van der Waals surface area contributed by atoms with Crippen molar-refractivity contribution in [2.75, 3.05) is 6.54 Å². The summed E-state index contributed by atoms with van der Waals surface area (Å²) in [5, 5.41) is 5.30. The molecule has 112 valence electrons. The molecule has 2 aromatic carbocycles. The van der Waals surface area contributed by atoms with Gasteiger partial charge in [0, 0.05) is 5.02 Å². The van der Waals surface area contributed by atoms with E-state index in [0.717, 1.165) is 22.7 Å². The molecule has 0 amide bonds. The van der Waals surface area contributed by atoms with Crippen LogP contribution < -0.4 is 5.32 Å². The van der Waals surface area contributed by atoms with Gasteiger partial charge in [0.1, 0.15) is 0 Å². The number of rotatable bonds is 4. The Balaban J connectivity index is 2.59. The van der Waals surface area contributed by atoms with Crippen LogP contribution in [-0.4, -0.2) is 6.54 Å². The van der Waals surface area contributed by atoms with E-state index in [4.69, 9.17) is 34.8 Å². The highest BCUT2D eigenvalue weighted by molar-refractivity contribution is 6.42. The van der Waals surface area contributed by atoms with Gasteiger partial charge in [0.05, 0.1) is 16.1 Å². The maximum atomic E-state index is 6.46. The Morgan fingerprint density at radius 2 is 1.62 bits per heavy atom. The Morgan fingerprint density at radius 3 is 2.29 bits per heavy atom. The zero-order valence-electron chi connectivity index (χ0n) is 12.3. The first-order chi connectivity index (χ1) is 9.95. The molecule has 2 rings (SSSR count). The number of halogens is 3. The summed E-state index contributed by atoms with van der Waals surface area (Å²) in [5.41, 5.74) is 4.34. The molecule has 0 heterocycles. The van der Waals surface area contributed by atoms with E-state index in [1.807, 2.05) is 18.2 Å². The molecule has 0 radical (unpaired) electrons. The van der Waals surface area contributed by atoms with Crippen LogP contribution in [0.1, 0.15) is 35.2 Å². The molecule has 1 N–H and O–H groups in total. The molecule has 21 heavy (non-hydrogen) atoms. The van der Waals surface area contributed by atoms with Gasteiger partial charge in [-0.1, -0.05) is 59.9 Å². The molecular weight excluding hydrogens is 325 g/mol. The molecule has 0 bridgehead atoms. The minimum absolute atomic E-state index is 0.0759. The number of benzene rings is 2. The quantitative estimate of drug-likeness (QED) is 0.722. The maximum Gasteiger partial charge on any atom is 0.0643 e. The minimum atomic E-state index is -0.0759. The predicted octanol–water partition coefficient (Wildman–Crippen LogP) is 5.96. The Labute approximate surface area is 141 Å². The lowest BCUT2D eigenvalue weighted by molar-refractivity contribution is 0.630. The van der Waals surface area contributed by atoms with E-state index < -0.39 is 0 Å². The highest BCUT2D eigenvalue weighted by Crippen LogP contribution is 2.36. The van der Waals surface area contributed by atoms with E-state index in [1.54, 1.807) is 6.07 Å². The van der Waals surface area contributed by atoms with Crippen LogP contribution in [0.2, 0.25) is 15.1 Å². The van der Waals surface area contributed by atoms with Crippen LogP contribution >= 0.6 is 34.8 Å². The molecule has 1 atom stereocenters. The van der Waals surface area contributed by atoms with Crippen molar-refractivity contribution in [1.29, 1.82) is 0 Å². The molecule has 0 aliphatic rings. The first-order valence-corrected chi connectivity index (χ1v) is 8.03. The van der Waals surface area contributed by atoms with Crippen molar-refractivity contribution in [2.24, 2.45) is 0 Å². The monoisotopic (exact) mass is 341 g/mol. The third-order valence-electron chi connectivity index (χ3n) is 3.62. The number of hydrogen-bond acceptors (Lipinski definition) is 1. The van der Waals surface area contributed by atoms with Gasteiger partial charge in [-0.25, -0.2) is 0 Å². The third kappa shape index (κ3) is 3.54. The average Bonchev–Trinajstić information content (AvgIpc) is 2.44. The third-order valence-corrected chi connectivity index (χ3v) is 4.79. The van der Waals surface area contributed by atoms with Crippen molar-refractivity contribution in [2.45, 2.75) is 26.8 Å². The average molecular weight is 343 g/mol.